The molecule has 0 aliphatic heterocycles. The molecule has 1 aromatic carbocycles. The summed E-state index contributed by atoms with van der Waals surface area (Å²) in [5.41, 5.74) is 0.254. The highest BCUT2D eigenvalue weighted by molar-refractivity contribution is 7.90. The van der Waals surface area contributed by atoms with Crippen molar-refractivity contribution < 1.29 is 23.1 Å². The Kier molecular flexibility index (Phi) is 4.18. The molecule has 0 aliphatic carbocycles. The third-order valence-corrected chi connectivity index (χ3v) is 3.17. The first kappa shape index (κ1) is 14.3. The van der Waals surface area contributed by atoms with Crippen LogP contribution in [-0.2, 0) is 14.6 Å². The van der Waals surface area contributed by atoms with E-state index in [9.17, 15) is 18.3 Å². The Morgan fingerprint density at radius 3 is 2.50 bits per heavy atom. The zero-order chi connectivity index (χ0) is 13.9. The van der Waals surface area contributed by atoms with Crippen molar-refractivity contribution in [3.63, 3.8) is 0 Å². The summed E-state index contributed by atoms with van der Waals surface area (Å²) in [5, 5.41) is 12.2. The van der Waals surface area contributed by atoms with Gasteiger partial charge in [0.05, 0.1) is 6.61 Å². The Morgan fingerprint density at radius 1 is 1.44 bits per heavy atom. The van der Waals surface area contributed by atoms with Gasteiger partial charge in [-0.25, -0.2) is 8.42 Å². The quantitative estimate of drug-likeness (QED) is 0.803. The highest BCUT2D eigenvalue weighted by Crippen LogP contribution is 2.36. The van der Waals surface area contributed by atoms with E-state index in [-0.39, 0.29) is 28.8 Å². The van der Waals surface area contributed by atoms with E-state index in [0.717, 1.165) is 6.26 Å². The Hall–Kier alpha value is -1.76. The fourth-order valence-corrected chi connectivity index (χ4v) is 2.20. The number of sulfone groups is 1. The minimum absolute atomic E-state index is 0.0178. The number of carbonyl (C=O) groups is 1. The molecule has 2 N–H and O–H groups in total. The molecule has 0 saturated carbocycles. The number of hydrogen-bond acceptors (Lipinski definition) is 5. The smallest absolute Gasteiger partial charge is 0.221 e. The summed E-state index contributed by atoms with van der Waals surface area (Å²) in [5.74, 6) is -0.778. The summed E-state index contributed by atoms with van der Waals surface area (Å²) in [6.07, 6.45) is 0.968. The van der Waals surface area contributed by atoms with Crippen LogP contribution in [0.4, 0.5) is 5.69 Å². The largest absolute Gasteiger partial charge is 0.503 e. The number of nitrogens with one attached hydrogen (secondary N) is 1. The number of benzene rings is 1. The van der Waals surface area contributed by atoms with E-state index in [0.29, 0.717) is 0 Å². The van der Waals surface area contributed by atoms with E-state index in [1.807, 2.05) is 0 Å². The van der Waals surface area contributed by atoms with Gasteiger partial charge in [0, 0.05) is 24.9 Å². The maximum atomic E-state index is 11.5. The van der Waals surface area contributed by atoms with Gasteiger partial charge in [-0.05, 0) is 13.0 Å². The summed E-state index contributed by atoms with van der Waals surface area (Å²) in [4.78, 5) is 10.7. The Bertz CT molecular complexity index is 565. The monoisotopic (exact) mass is 273 g/mol. The second-order valence-electron chi connectivity index (χ2n) is 3.71. The molecule has 1 rings (SSSR count). The average molecular weight is 273 g/mol. The number of phenols is 1. The van der Waals surface area contributed by atoms with E-state index < -0.39 is 15.6 Å². The van der Waals surface area contributed by atoms with Crippen LogP contribution in [0.1, 0.15) is 13.8 Å². The summed E-state index contributed by atoms with van der Waals surface area (Å²) in [7, 11) is -3.61. The van der Waals surface area contributed by atoms with Crippen LogP contribution in [0.3, 0.4) is 0 Å². The molecule has 0 radical (unpaired) electrons. The molecule has 0 spiro atoms. The van der Waals surface area contributed by atoms with Gasteiger partial charge in [0.2, 0.25) is 5.91 Å². The first-order valence-electron chi connectivity index (χ1n) is 5.23. The number of anilines is 1. The SMILES string of the molecule is CCOc1cc(NC(C)=O)cc(S(C)(=O)=O)c1O. The van der Waals surface area contributed by atoms with Gasteiger partial charge in [0.15, 0.2) is 21.3 Å². The average Bonchev–Trinajstić information content (AvgIpc) is 2.20. The fourth-order valence-electron chi connectivity index (χ4n) is 1.41. The molecule has 0 aliphatic rings. The lowest BCUT2D eigenvalue weighted by Crippen LogP contribution is -2.08. The minimum Gasteiger partial charge on any atom is -0.503 e. The first-order chi connectivity index (χ1) is 8.25. The van der Waals surface area contributed by atoms with Gasteiger partial charge in [-0.1, -0.05) is 0 Å². The predicted octanol–water partition coefficient (Wildman–Crippen LogP) is 1.15. The van der Waals surface area contributed by atoms with Crippen LogP contribution in [0.2, 0.25) is 0 Å². The second-order valence-corrected chi connectivity index (χ2v) is 5.69. The summed E-state index contributed by atoms with van der Waals surface area (Å²) in [6.45, 7) is 3.26. The molecule has 0 unspecified atom stereocenters. The standard InChI is InChI=1S/C11H15NO5S/c1-4-17-9-5-8(12-7(2)13)6-10(11(9)14)18(3,15)16/h5-6,14H,4H2,1-3H3,(H,12,13). The van der Waals surface area contributed by atoms with E-state index in [2.05, 4.69) is 5.32 Å². The van der Waals surface area contributed by atoms with Crippen molar-refractivity contribution in [3.05, 3.63) is 12.1 Å². The summed E-state index contributed by atoms with van der Waals surface area (Å²) in [6, 6.07) is 2.56. The van der Waals surface area contributed by atoms with Gasteiger partial charge < -0.3 is 15.2 Å². The van der Waals surface area contributed by atoms with Crippen molar-refractivity contribution in [2.45, 2.75) is 18.7 Å². The number of phenolic OH excluding ortho intramolecular Hbond substituents is 1. The zero-order valence-electron chi connectivity index (χ0n) is 10.4. The molecule has 0 heterocycles. The molecule has 6 nitrogen and oxygen atoms in total. The first-order valence-corrected chi connectivity index (χ1v) is 7.12. The lowest BCUT2D eigenvalue weighted by Gasteiger charge is -2.12. The Labute approximate surface area is 106 Å². The maximum Gasteiger partial charge on any atom is 0.221 e. The normalized spacial score (nSPS) is 11.1. The molecular formula is C11H15NO5S. The summed E-state index contributed by atoms with van der Waals surface area (Å²) >= 11 is 0. The van der Waals surface area contributed by atoms with Crippen LogP contribution in [0.25, 0.3) is 0 Å². The molecule has 0 fully saturated rings. The van der Waals surface area contributed by atoms with Crippen LogP contribution in [0.5, 0.6) is 11.5 Å². The van der Waals surface area contributed by atoms with Gasteiger partial charge in [-0.15, -0.1) is 0 Å². The van der Waals surface area contributed by atoms with E-state index >= 15 is 0 Å². The van der Waals surface area contributed by atoms with Crippen LogP contribution in [-0.4, -0.2) is 32.3 Å². The van der Waals surface area contributed by atoms with Gasteiger partial charge in [0.25, 0.3) is 0 Å². The molecule has 0 saturated heterocycles. The van der Waals surface area contributed by atoms with Gasteiger partial charge in [-0.3, -0.25) is 4.79 Å². The van der Waals surface area contributed by atoms with Gasteiger partial charge in [0.1, 0.15) is 4.90 Å². The van der Waals surface area contributed by atoms with Gasteiger partial charge >= 0.3 is 0 Å². The molecule has 0 bridgehead atoms. The van der Waals surface area contributed by atoms with Crippen molar-refractivity contribution in [1.82, 2.24) is 0 Å². The molecule has 1 amide bonds. The lowest BCUT2D eigenvalue weighted by molar-refractivity contribution is -0.114. The molecular weight excluding hydrogens is 258 g/mol. The molecule has 18 heavy (non-hydrogen) atoms. The van der Waals surface area contributed by atoms with Crippen molar-refractivity contribution >= 4 is 21.4 Å². The fraction of sp³-hybridized carbons (Fsp3) is 0.364. The maximum absolute atomic E-state index is 11.5. The van der Waals surface area contributed by atoms with Crippen molar-refractivity contribution in [3.8, 4) is 11.5 Å². The molecule has 7 heteroatoms. The minimum atomic E-state index is -3.61. The predicted molar refractivity (Wildman–Crippen MR) is 66.7 cm³/mol. The second kappa shape index (κ2) is 5.26. The van der Waals surface area contributed by atoms with Gasteiger partial charge in [-0.2, -0.15) is 0 Å². The number of amides is 1. The third-order valence-electron chi connectivity index (χ3n) is 2.06. The highest BCUT2D eigenvalue weighted by atomic mass is 32.2. The lowest BCUT2D eigenvalue weighted by atomic mass is 10.2. The number of hydrogen-bond donors (Lipinski definition) is 2. The Balaban J connectivity index is 3.41. The van der Waals surface area contributed by atoms with Crippen molar-refractivity contribution in [1.29, 1.82) is 0 Å². The number of ether oxygens (including phenoxy) is 1. The van der Waals surface area contributed by atoms with Crippen LogP contribution in [0.15, 0.2) is 17.0 Å². The number of rotatable bonds is 4. The number of carbonyl (C=O) groups excluding carboxylic acids is 1. The topological polar surface area (TPSA) is 92.7 Å². The van der Waals surface area contributed by atoms with Crippen LogP contribution >= 0.6 is 0 Å². The summed E-state index contributed by atoms with van der Waals surface area (Å²) < 4.78 is 28.2. The molecule has 0 aromatic heterocycles. The van der Waals surface area contributed by atoms with E-state index in [1.165, 1.54) is 19.1 Å². The van der Waals surface area contributed by atoms with Crippen LogP contribution in [0, 0.1) is 0 Å². The number of aromatic hydroxyl groups is 1. The molecule has 100 valence electrons. The van der Waals surface area contributed by atoms with Crippen LogP contribution < -0.4 is 10.1 Å². The van der Waals surface area contributed by atoms with E-state index in [1.54, 1.807) is 6.92 Å². The van der Waals surface area contributed by atoms with Crippen molar-refractivity contribution in [2.75, 3.05) is 18.2 Å². The molecule has 0 atom stereocenters. The molecule has 1 aromatic rings. The zero-order valence-corrected chi connectivity index (χ0v) is 11.2. The third kappa shape index (κ3) is 3.36. The van der Waals surface area contributed by atoms with Crippen molar-refractivity contribution in [2.24, 2.45) is 0 Å². The Morgan fingerprint density at radius 2 is 2.06 bits per heavy atom. The van der Waals surface area contributed by atoms with E-state index in [4.69, 9.17) is 4.74 Å². The highest BCUT2D eigenvalue weighted by Gasteiger charge is 2.19.